The zero-order valence-electron chi connectivity index (χ0n) is 11.1. The second-order valence-electron chi connectivity index (χ2n) is 6.67. The molecule has 0 spiro atoms. The van der Waals surface area contributed by atoms with Gasteiger partial charge in [-0.15, -0.1) is 0 Å². The first kappa shape index (κ1) is 12.3. The number of hydrogen-bond donors (Lipinski definition) is 1. The first-order valence-electron chi connectivity index (χ1n) is 7.63. The molecule has 100 valence electrons. The number of carbonyl (C=O) groups is 1. The largest absolute Gasteiger partial charge is 0.481 e. The van der Waals surface area contributed by atoms with Gasteiger partial charge in [0.25, 0.3) is 0 Å². The van der Waals surface area contributed by atoms with Crippen molar-refractivity contribution in [3.05, 3.63) is 11.6 Å². The molecule has 2 nitrogen and oxygen atoms in total. The number of allylic oxidation sites excluding steroid dienone is 2. The van der Waals surface area contributed by atoms with Crippen LogP contribution in [0.3, 0.4) is 0 Å². The molecular weight excluding hydrogens is 224 g/mol. The van der Waals surface area contributed by atoms with Gasteiger partial charge in [0.1, 0.15) is 0 Å². The third-order valence-corrected chi connectivity index (χ3v) is 5.36. The summed E-state index contributed by atoms with van der Waals surface area (Å²) in [6.07, 6.45) is 13.7. The average Bonchev–Trinajstić information content (AvgIpc) is 2.65. The minimum atomic E-state index is -0.618. The minimum absolute atomic E-state index is 0.383. The number of carboxylic acid groups (broad SMARTS) is 1. The van der Waals surface area contributed by atoms with Gasteiger partial charge in [-0.1, -0.05) is 43.8 Å². The number of rotatable bonds is 4. The summed E-state index contributed by atoms with van der Waals surface area (Å²) in [6.45, 7) is 0. The lowest BCUT2D eigenvalue weighted by Crippen LogP contribution is -2.34. The Labute approximate surface area is 109 Å². The second kappa shape index (κ2) is 5.07. The van der Waals surface area contributed by atoms with E-state index in [0.29, 0.717) is 18.3 Å². The van der Waals surface area contributed by atoms with Gasteiger partial charge in [0, 0.05) is 6.42 Å². The Morgan fingerprint density at radius 1 is 1.28 bits per heavy atom. The van der Waals surface area contributed by atoms with Crippen molar-refractivity contribution in [1.29, 1.82) is 0 Å². The highest BCUT2D eigenvalue weighted by Gasteiger charge is 2.44. The Hall–Kier alpha value is -0.790. The average molecular weight is 248 g/mol. The summed E-state index contributed by atoms with van der Waals surface area (Å²) < 4.78 is 0. The summed E-state index contributed by atoms with van der Waals surface area (Å²) in [5.41, 5.74) is 1.66. The number of fused-ring (bicyclic) bond motifs is 1. The van der Waals surface area contributed by atoms with E-state index in [1.807, 2.05) is 0 Å². The van der Waals surface area contributed by atoms with Crippen molar-refractivity contribution in [3.63, 3.8) is 0 Å². The molecule has 3 aliphatic carbocycles. The van der Waals surface area contributed by atoms with Crippen LogP contribution in [-0.4, -0.2) is 11.1 Å². The van der Waals surface area contributed by atoms with Crippen molar-refractivity contribution in [3.8, 4) is 0 Å². The Balaban J connectivity index is 1.52. The summed E-state index contributed by atoms with van der Waals surface area (Å²) in [5, 5.41) is 8.88. The van der Waals surface area contributed by atoms with Gasteiger partial charge < -0.3 is 5.11 Å². The summed E-state index contributed by atoms with van der Waals surface area (Å²) in [6, 6.07) is 0. The van der Waals surface area contributed by atoms with E-state index in [9.17, 15) is 4.79 Å². The fraction of sp³-hybridized carbons (Fsp3) is 0.812. The molecule has 3 aliphatic rings. The molecular formula is C16H24O2. The van der Waals surface area contributed by atoms with Crippen LogP contribution in [0.4, 0.5) is 0 Å². The van der Waals surface area contributed by atoms with Crippen LogP contribution in [0.15, 0.2) is 11.6 Å². The van der Waals surface area contributed by atoms with E-state index in [4.69, 9.17) is 5.11 Å². The number of aliphatic carboxylic acids is 1. The van der Waals surface area contributed by atoms with E-state index in [1.165, 1.54) is 44.9 Å². The van der Waals surface area contributed by atoms with Gasteiger partial charge in [-0.25, -0.2) is 0 Å². The SMILES string of the molecule is O=C(O)CC1C[C@H]2CC(CC3CCCCC3)=CC12. The smallest absolute Gasteiger partial charge is 0.303 e. The van der Waals surface area contributed by atoms with E-state index in [2.05, 4.69) is 6.08 Å². The molecule has 2 saturated carbocycles. The molecule has 3 atom stereocenters. The lowest BCUT2D eigenvalue weighted by atomic mass is 9.65. The van der Waals surface area contributed by atoms with E-state index in [1.54, 1.807) is 5.57 Å². The van der Waals surface area contributed by atoms with E-state index >= 15 is 0 Å². The molecule has 0 aromatic heterocycles. The standard InChI is InChI=1S/C16H24O2/c17-16(18)10-14-9-13-7-12(8-15(13)14)6-11-4-2-1-3-5-11/h8,11,13-15H,1-7,9-10H2,(H,17,18)/t13-,14?,15?/m1/s1. The van der Waals surface area contributed by atoms with Crippen LogP contribution in [0.25, 0.3) is 0 Å². The molecule has 2 unspecified atom stereocenters. The Kier molecular flexibility index (Phi) is 3.45. The fourth-order valence-corrected chi connectivity index (χ4v) is 4.42. The maximum absolute atomic E-state index is 10.8. The highest BCUT2D eigenvalue weighted by Crippen LogP contribution is 2.52. The van der Waals surface area contributed by atoms with Gasteiger partial charge in [-0.05, 0) is 42.9 Å². The van der Waals surface area contributed by atoms with E-state index in [0.717, 1.165) is 18.3 Å². The summed E-state index contributed by atoms with van der Waals surface area (Å²) >= 11 is 0. The number of hydrogen-bond acceptors (Lipinski definition) is 1. The topological polar surface area (TPSA) is 37.3 Å². The van der Waals surface area contributed by atoms with Crippen LogP contribution in [-0.2, 0) is 4.79 Å². The van der Waals surface area contributed by atoms with Crippen LogP contribution in [0, 0.1) is 23.7 Å². The zero-order chi connectivity index (χ0) is 12.5. The zero-order valence-corrected chi connectivity index (χ0v) is 11.1. The lowest BCUT2D eigenvalue weighted by molar-refractivity contribution is -0.139. The van der Waals surface area contributed by atoms with Crippen molar-refractivity contribution >= 4 is 5.97 Å². The fourth-order valence-electron chi connectivity index (χ4n) is 4.42. The van der Waals surface area contributed by atoms with Gasteiger partial charge in [-0.2, -0.15) is 0 Å². The van der Waals surface area contributed by atoms with Crippen LogP contribution in [0.5, 0.6) is 0 Å². The van der Waals surface area contributed by atoms with Crippen molar-refractivity contribution in [1.82, 2.24) is 0 Å². The monoisotopic (exact) mass is 248 g/mol. The van der Waals surface area contributed by atoms with Crippen LogP contribution >= 0.6 is 0 Å². The molecule has 0 bridgehead atoms. The van der Waals surface area contributed by atoms with Crippen LogP contribution in [0.2, 0.25) is 0 Å². The van der Waals surface area contributed by atoms with Gasteiger partial charge in [0.15, 0.2) is 0 Å². The maximum atomic E-state index is 10.8. The minimum Gasteiger partial charge on any atom is -0.481 e. The van der Waals surface area contributed by atoms with Crippen molar-refractivity contribution < 1.29 is 9.90 Å². The predicted molar refractivity (Wildman–Crippen MR) is 71.2 cm³/mol. The van der Waals surface area contributed by atoms with Crippen molar-refractivity contribution in [2.45, 2.75) is 57.8 Å². The molecule has 0 heterocycles. The summed E-state index contributed by atoms with van der Waals surface area (Å²) in [7, 11) is 0. The molecule has 0 aromatic carbocycles. The van der Waals surface area contributed by atoms with Crippen LogP contribution in [0.1, 0.15) is 57.8 Å². The van der Waals surface area contributed by atoms with Gasteiger partial charge in [0.05, 0.1) is 0 Å². The van der Waals surface area contributed by atoms with Crippen LogP contribution < -0.4 is 0 Å². The number of carboxylic acids is 1. The first-order chi connectivity index (χ1) is 8.72. The van der Waals surface area contributed by atoms with Gasteiger partial charge in [0.2, 0.25) is 0 Å². The molecule has 2 fully saturated rings. The summed E-state index contributed by atoms with van der Waals surface area (Å²) in [4.78, 5) is 10.8. The lowest BCUT2D eigenvalue weighted by Gasteiger charge is -2.39. The Morgan fingerprint density at radius 3 is 2.78 bits per heavy atom. The highest BCUT2D eigenvalue weighted by atomic mass is 16.4. The Morgan fingerprint density at radius 2 is 2.06 bits per heavy atom. The second-order valence-corrected chi connectivity index (χ2v) is 6.67. The Bertz CT molecular complexity index is 352. The predicted octanol–water partition coefficient (Wildman–Crippen LogP) is 4.01. The molecule has 0 aromatic rings. The highest BCUT2D eigenvalue weighted by molar-refractivity contribution is 5.67. The molecule has 3 rings (SSSR count). The molecule has 18 heavy (non-hydrogen) atoms. The molecule has 0 amide bonds. The third kappa shape index (κ3) is 2.48. The van der Waals surface area contributed by atoms with E-state index in [-0.39, 0.29) is 0 Å². The molecule has 0 aliphatic heterocycles. The quantitative estimate of drug-likeness (QED) is 0.763. The van der Waals surface area contributed by atoms with E-state index < -0.39 is 5.97 Å². The van der Waals surface area contributed by atoms with Crippen molar-refractivity contribution in [2.75, 3.05) is 0 Å². The molecule has 0 saturated heterocycles. The first-order valence-corrected chi connectivity index (χ1v) is 7.63. The van der Waals surface area contributed by atoms with Crippen molar-refractivity contribution in [2.24, 2.45) is 23.7 Å². The van der Waals surface area contributed by atoms with Gasteiger partial charge in [-0.3, -0.25) is 4.79 Å². The molecule has 2 heteroatoms. The maximum Gasteiger partial charge on any atom is 0.303 e. The molecule has 1 N–H and O–H groups in total. The molecule has 0 radical (unpaired) electrons. The van der Waals surface area contributed by atoms with Gasteiger partial charge >= 0.3 is 5.97 Å². The third-order valence-electron chi connectivity index (χ3n) is 5.36. The normalized spacial score (nSPS) is 35.8. The summed E-state index contributed by atoms with van der Waals surface area (Å²) in [5.74, 6) is 2.16.